The molecule has 94 valence electrons. The van der Waals surface area contributed by atoms with E-state index >= 15 is 0 Å². The van der Waals surface area contributed by atoms with E-state index in [4.69, 9.17) is 16.3 Å². The zero-order valence-electron chi connectivity index (χ0n) is 9.56. The lowest BCUT2D eigenvalue weighted by molar-refractivity contribution is 0.108. The fraction of sp³-hybridized carbons (Fsp3) is 0.167. The predicted molar refractivity (Wildman–Crippen MR) is 72.2 cm³/mol. The number of carbonyl (C=O) groups excluding carboxylic acids is 1. The van der Waals surface area contributed by atoms with Gasteiger partial charge < -0.3 is 4.74 Å². The Balaban J connectivity index is 2.18. The van der Waals surface area contributed by atoms with E-state index in [1.54, 1.807) is 18.0 Å². The van der Waals surface area contributed by atoms with E-state index < -0.39 is 5.24 Å². The Morgan fingerprint density at radius 1 is 1.44 bits per heavy atom. The molecule has 0 bridgehead atoms. The summed E-state index contributed by atoms with van der Waals surface area (Å²) in [6.45, 7) is 0.562. The molecule has 0 amide bonds. The lowest BCUT2D eigenvalue weighted by atomic mass is 10.2. The van der Waals surface area contributed by atoms with E-state index in [0.29, 0.717) is 16.7 Å². The molecule has 6 heteroatoms. The second-order valence-corrected chi connectivity index (χ2v) is 4.75. The van der Waals surface area contributed by atoms with E-state index in [9.17, 15) is 4.79 Å². The van der Waals surface area contributed by atoms with Gasteiger partial charge in [0.1, 0.15) is 10.4 Å². The summed E-state index contributed by atoms with van der Waals surface area (Å²) in [6.07, 6.45) is 1.61. The number of nitrogens with zero attached hydrogens (tertiary/aromatic N) is 2. The molecular formula is C12H10BrClN2O2. The molecule has 1 aromatic heterocycles. The smallest absolute Gasteiger partial charge is 0.256 e. The van der Waals surface area contributed by atoms with Gasteiger partial charge in [0.25, 0.3) is 5.24 Å². The van der Waals surface area contributed by atoms with Crippen molar-refractivity contribution in [3.63, 3.8) is 0 Å². The number of hydrogen-bond acceptors (Lipinski definition) is 3. The van der Waals surface area contributed by atoms with Gasteiger partial charge in [0.05, 0.1) is 19.2 Å². The summed E-state index contributed by atoms with van der Waals surface area (Å²) in [5.74, 6) is 0.803. The van der Waals surface area contributed by atoms with E-state index in [1.807, 2.05) is 24.3 Å². The summed E-state index contributed by atoms with van der Waals surface area (Å²) in [4.78, 5) is 11.1. The third kappa shape index (κ3) is 2.91. The first kappa shape index (κ1) is 13.1. The van der Waals surface area contributed by atoms with E-state index in [-0.39, 0.29) is 0 Å². The summed E-state index contributed by atoms with van der Waals surface area (Å²) < 4.78 is 7.19. The summed E-state index contributed by atoms with van der Waals surface area (Å²) in [6, 6.07) is 7.64. The molecular weight excluding hydrogens is 320 g/mol. The van der Waals surface area contributed by atoms with Crippen LogP contribution in [0, 0.1) is 0 Å². The molecule has 0 aliphatic rings. The number of carbonyl (C=O) groups is 1. The van der Waals surface area contributed by atoms with Crippen molar-refractivity contribution < 1.29 is 9.53 Å². The van der Waals surface area contributed by atoms with Gasteiger partial charge in [0, 0.05) is 6.20 Å². The van der Waals surface area contributed by atoms with Crippen molar-refractivity contribution >= 4 is 32.8 Å². The van der Waals surface area contributed by atoms with Gasteiger partial charge in [0.15, 0.2) is 0 Å². The maximum absolute atomic E-state index is 11.1. The van der Waals surface area contributed by atoms with Crippen molar-refractivity contribution in [3.8, 4) is 5.75 Å². The molecule has 0 spiro atoms. The van der Waals surface area contributed by atoms with Crippen LogP contribution in [0.15, 0.2) is 35.1 Å². The Labute approximate surface area is 118 Å². The standard InChI is InChI=1S/C12H10BrClN2O2/c1-18-9-4-2-8(3-5-9)6-16-7-10(12(14)17)11(13)15-16/h2-5,7H,6H2,1H3. The lowest BCUT2D eigenvalue weighted by Gasteiger charge is -2.03. The van der Waals surface area contributed by atoms with Gasteiger partial charge in [-0.05, 0) is 45.2 Å². The second kappa shape index (κ2) is 5.54. The highest BCUT2D eigenvalue weighted by atomic mass is 79.9. The third-order valence-corrected chi connectivity index (χ3v) is 3.22. The Morgan fingerprint density at radius 2 is 2.11 bits per heavy atom. The topological polar surface area (TPSA) is 44.1 Å². The molecule has 0 atom stereocenters. The second-order valence-electron chi connectivity index (χ2n) is 3.65. The van der Waals surface area contributed by atoms with Crippen LogP contribution in [0.25, 0.3) is 0 Å². The summed E-state index contributed by atoms with van der Waals surface area (Å²) >= 11 is 8.62. The molecule has 0 aliphatic heterocycles. The predicted octanol–water partition coefficient (Wildman–Crippen LogP) is 3.08. The zero-order chi connectivity index (χ0) is 13.1. The summed E-state index contributed by atoms with van der Waals surface area (Å²) in [7, 11) is 1.62. The zero-order valence-corrected chi connectivity index (χ0v) is 11.9. The molecule has 2 rings (SSSR count). The monoisotopic (exact) mass is 328 g/mol. The SMILES string of the molecule is COc1ccc(Cn2cc(C(=O)Cl)c(Br)n2)cc1. The molecule has 0 aliphatic carbocycles. The first-order chi connectivity index (χ1) is 8.60. The fourth-order valence-corrected chi connectivity index (χ4v) is 2.27. The normalized spacial score (nSPS) is 10.4. The van der Waals surface area contributed by atoms with Crippen LogP contribution < -0.4 is 4.74 Å². The number of ether oxygens (including phenoxy) is 1. The van der Waals surface area contributed by atoms with Crippen LogP contribution in [0.3, 0.4) is 0 Å². The third-order valence-electron chi connectivity index (χ3n) is 2.43. The Morgan fingerprint density at radius 3 is 2.61 bits per heavy atom. The van der Waals surface area contributed by atoms with Crippen molar-refractivity contribution in [1.82, 2.24) is 9.78 Å². The molecule has 0 saturated carbocycles. The van der Waals surface area contributed by atoms with E-state index in [2.05, 4.69) is 21.0 Å². The number of hydrogen-bond donors (Lipinski definition) is 0. The number of benzene rings is 1. The molecule has 0 fully saturated rings. The van der Waals surface area contributed by atoms with E-state index in [1.165, 1.54) is 0 Å². The van der Waals surface area contributed by atoms with Crippen LogP contribution in [0.1, 0.15) is 15.9 Å². The van der Waals surface area contributed by atoms with Crippen molar-refractivity contribution in [3.05, 3.63) is 46.2 Å². The molecule has 0 saturated heterocycles. The minimum absolute atomic E-state index is 0.366. The molecule has 1 heterocycles. The molecule has 0 N–H and O–H groups in total. The maximum atomic E-state index is 11.1. The summed E-state index contributed by atoms with van der Waals surface area (Å²) in [5, 5.41) is 3.64. The van der Waals surface area contributed by atoms with Crippen molar-refractivity contribution in [2.75, 3.05) is 7.11 Å². The minimum atomic E-state index is -0.525. The number of aromatic nitrogens is 2. The summed E-state index contributed by atoms with van der Waals surface area (Å²) in [5.41, 5.74) is 1.42. The van der Waals surface area contributed by atoms with Gasteiger partial charge in [-0.1, -0.05) is 12.1 Å². The van der Waals surface area contributed by atoms with Crippen molar-refractivity contribution in [2.24, 2.45) is 0 Å². The van der Waals surface area contributed by atoms with Crippen LogP contribution in [-0.2, 0) is 6.54 Å². The first-order valence-electron chi connectivity index (χ1n) is 5.16. The van der Waals surface area contributed by atoms with Crippen LogP contribution in [0.5, 0.6) is 5.75 Å². The largest absolute Gasteiger partial charge is 0.497 e. The quantitative estimate of drug-likeness (QED) is 0.810. The lowest BCUT2D eigenvalue weighted by Crippen LogP contribution is -2.00. The van der Waals surface area contributed by atoms with Gasteiger partial charge in [-0.15, -0.1) is 0 Å². The number of methoxy groups -OCH3 is 1. The average Bonchev–Trinajstić information content (AvgIpc) is 2.71. The molecule has 4 nitrogen and oxygen atoms in total. The fourth-order valence-electron chi connectivity index (χ4n) is 1.53. The van der Waals surface area contributed by atoms with Crippen molar-refractivity contribution in [1.29, 1.82) is 0 Å². The van der Waals surface area contributed by atoms with Crippen molar-refractivity contribution in [2.45, 2.75) is 6.54 Å². The van der Waals surface area contributed by atoms with Gasteiger partial charge in [0.2, 0.25) is 0 Å². The molecule has 0 unspecified atom stereocenters. The molecule has 0 radical (unpaired) electrons. The minimum Gasteiger partial charge on any atom is -0.497 e. The van der Waals surface area contributed by atoms with Crippen LogP contribution in [-0.4, -0.2) is 22.1 Å². The van der Waals surface area contributed by atoms with Gasteiger partial charge in [-0.25, -0.2) is 0 Å². The number of halogens is 2. The first-order valence-corrected chi connectivity index (χ1v) is 6.33. The molecule has 1 aromatic carbocycles. The van der Waals surface area contributed by atoms with Crippen LogP contribution in [0.2, 0.25) is 0 Å². The highest BCUT2D eigenvalue weighted by molar-refractivity contribution is 9.10. The molecule has 18 heavy (non-hydrogen) atoms. The Kier molecular flexibility index (Phi) is 4.04. The van der Waals surface area contributed by atoms with Crippen LogP contribution >= 0.6 is 27.5 Å². The molecule has 2 aromatic rings. The van der Waals surface area contributed by atoms with Crippen LogP contribution in [0.4, 0.5) is 0 Å². The average molecular weight is 330 g/mol. The maximum Gasteiger partial charge on any atom is 0.256 e. The Bertz CT molecular complexity index is 566. The van der Waals surface area contributed by atoms with Gasteiger partial charge in [-0.3, -0.25) is 9.48 Å². The van der Waals surface area contributed by atoms with Gasteiger partial charge >= 0.3 is 0 Å². The highest BCUT2D eigenvalue weighted by Gasteiger charge is 2.12. The van der Waals surface area contributed by atoms with Gasteiger partial charge in [-0.2, -0.15) is 5.10 Å². The van der Waals surface area contributed by atoms with E-state index in [0.717, 1.165) is 11.3 Å². The number of rotatable bonds is 4. The Hall–Kier alpha value is -1.33. The highest BCUT2D eigenvalue weighted by Crippen LogP contribution is 2.18.